The van der Waals surface area contributed by atoms with E-state index in [0.717, 1.165) is 24.3 Å². The molecule has 1 aromatic carbocycles. The lowest BCUT2D eigenvalue weighted by atomic mass is 10.0. The standard InChI is InChI=1S/C19H28N4O3/c1-4-9-20-18(24)19(25)21-14-17(23-10-12-26-13-11-23)15-5-7-16(8-6-15)22(2)3/h4-8,17H,1,9-14H2,2-3H3,(H,20,24)(H,21,25)/t17-/m0/s1. The first kappa shape index (κ1) is 19.9. The number of rotatable bonds is 7. The number of nitrogens with one attached hydrogen (secondary N) is 2. The molecule has 7 heteroatoms. The van der Waals surface area contributed by atoms with Crippen LogP contribution in [0.4, 0.5) is 5.69 Å². The van der Waals surface area contributed by atoms with Gasteiger partial charge in [-0.3, -0.25) is 14.5 Å². The van der Waals surface area contributed by atoms with Crippen molar-refractivity contribution >= 4 is 17.5 Å². The molecule has 1 heterocycles. The number of nitrogens with zero attached hydrogens (tertiary/aromatic N) is 2. The lowest BCUT2D eigenvalue weighted by molar-refractivity contribution is -0.139. The molecule has 1 fully saturated rings. The van der Waals surface area contributed by atoms with Gasteiger partial charge in [-0.1, -0.05) is 18.2 Å². The van der Waals surface area contributed by atoms with Crippen LogP contribution < -0.4 is 15.5 Å². The van der Waals surface area contributed by atoms with E-state index in [4.69, 9.17) is 4.74 Å². The highest BCUT2D eigenvalue weighted by Gasteiger charge is 2.24. The first-order valence-corrected chi connectivity index (χ1v) is 8.79. The van der Waals surface area contributed by atoms with Crippen LogP contribution in [-0.2, 0) is 14.3 Å². The number of anilines is 1. The fourth-order valence-corrected chi connectivity index (χ4v) is 2.86. The average molecular weight is 360 g/mol. The molecule has 1 saturated heterocycles. The zero-order chi connectivity index (χ0) is 18.9. The van der Waals surface area contributed by atoms with Crippen molar-refractivity contribution in [2.24, 2.45) is 0 Å². The number of ether oxygens (including phenoxy) is 1. The van der Waals surface area contributed by atoms with Crippen LogP contribution in [0.1, 0.15) is 11.6 Å². The highest BCUT2D eigenvalue weighted by Crippen LogP contribution is 2.23. The van der Waals surface area contributed by atoms with Gasteiger partial charge in [0.05, 0.1) is 19.3 Å². The molecule has 0 unspecified atom stereocenters. The van der Waals surface area contributed by atoms with Gasteiger partial charge in [0.1, 0.15) is 0 Å². The van der Waals surface area contributed by atoms with Crippen molar-refractivity contribution in [3.8, 4) is 0 Å². The molecule has 2 N–H and O–H groups in total. The second-order valence-corrected chi connectivity index (χ2v) is 6.36. The summed E-state index contributed by atoms with van der Waals surface area (Å²) in [4.78, 5) is 28.1. The van der Waals surface area contributed by atoms with Gasteiger partial charge in [0, 0.05) is 46.0 Å². The molecule has 0 bridgehead atoms. The molecule has 1 aliphatic heterocycles. The Morgan fingerprint density at radius 2 is 1.81 bits per heavy atom. The van der Waals surface area contributed by atoms with Crippen LogP contribution in [0, 0.1) is 0 Å². The Hall–Kier alpha value is -2.38. The maximum absolute atomic E-state index is 12.0. The van der Waals surface area contributed by atoms with E-state index < -0.39 is 11.8 Å². The van der Waals surface area contributed by atoms with Gasteiger partial charge in [0.2, 0.25) is 0 Å². The average Bonchev–Trinajstić information content (AvgIpc) is 2.67. The van der Waals surface area contributed by atoms with Gasteiger partial charge < -0.3 is 20.3 Å². The van der Waals surface area contributed by atoms with Gasteiger partial charge in [-0.2, -0.15) is 0 Å². The minimum atomic E-state index is -0.645. The molecule has 142 valence electrons. The summed E-state index contributed by atoms with van der Waals surface area (Å²) < 4.78 is 5.44. The molecular formula is C19H28N4O3. The van der Waals surface area contributed by atoms with Gasteiger partial charge >= 0.3 is 11.8 Å². The van der Waals surface area contributed by atoms with E-state index >= 15 is 0 Å². The van der Waals surface area contributed by atoms with E-state index in [1.807, 2.05) is 19.0 Å². The van der Waals surface area contributed by atoms with Crippen molar-refractivity contribution in [2.45, 2.75) is 6.04 Å². The highest BCUT2D eigenvalue weighted by atomic mass is 16.5. The number of hydrogen-bond acceptors (Lipinski definition) is 5. The van der Waals surface area contributed by atoms with E-state index in [1.165, 1.54) is 6.08 Å². The third-order valence-corrected chi connectivity index (χ3v) is 4.35. The van der Waals surface area contributed by atoms with Gasteiger partial charge in [0.25, 0.3) is 0 Å². The molecule has 1 aliphatic rings. The highest BCUT2D eigenvalue weighted by molar-refractivity contribution is 6.35. The van der Waals surface area contributed by atoms with Crippen molar-refractivity contribution in [2.75, 3.05) is 58.4 Å². The summed E-state index contributed by atoms with van der Waals surface area (Å²) in [5.41, 5.74) is 2.21. The summed E-state index contributed by atoms with van der Waals surface area (Å²) in [5, 5.41) is 5.23. The van der Waals surface area contributed by atoms with E-state index in [2.05, 4.69) is 46.4 Å². The predicted octanol–water partition coefficient (Wildman–Crippen LogP) is 0.544. The number of hydrogen-bond donors (Lipinski definition) is 2. The van der Waals surface area contributed by atoms with Gasteiger partial charge in [-0.25, -0.2) is 0 Å². The maximum Gasteiger partial charge on any atom is 0.309 e. The van der Waals surface area contributed by atoms with Crippen LogP contribution in [0.3, 0.4) is 0 Å². The largest absolute Gasteiger partial charge is 0.379 e. The number of carbonyl (C=O) groups is 2. The second kappa shape index (κ2) is 9.94. The lowest BCUT2D eigenvalue weighted by Crippen LogP contribution is -2.46. The summed E-state index contributed by atoms with van der Waals surface area (Å²) in [6.45, 7) is 7.06. The Morgan fingerprint density at radius 3 is 2.38 bits per heavy atom. The number of carbonyl (C=O) groups excluding carboxylic acids is 2. The molecule has 0 spiro atoms. The number of morpholine rings is 1. The molecule has 1 atom stereocenters. The summed E-state index contributed by atoms with van der Waals surface area (Å²) in [6, 6.07) is 8.24. The van der Waals surface area contributed by atoms with Crippen LogP contribution in [0.25, 0.3) is 0 Å². The SMILES string of the molecule is C=CCNC(=O)C(=O)NC[C@@H](c1ccc(N(C)C)cc1)N1CCOCC1. The summed E-state index contributed by atoms with van der Waals surface area (Å²) in [7, 11) is 3.99. The minimum absolute atomic E-state index is 0.00809. The monoisotopic (exact) mass is 360 g/mol. The smallest absolute Gasteiger partial charge is 0.309 e. The number of amides is 2. The topological polar surface area (TPSA) is 73.9 Å². The summed E-state index contributed by atoms with van der Waals surface area (Å²) in [5.74, 6) is -1.27. The fraction of sp³-hybridized carbons (Fsp3) is 0.474. The Morgan fingerprint density at radius 1 is 1.19 bits per heavy atom. The first-order chi connectivity index (χ1) is 12.5. The summed E-state index contributed by atoms with van der Waals surface area (Å²) >= 11 is 0. The Balaban J connectivity index is 2.07. The minimum Gasteiger partial charge on any atom is -0.379 e. The third-order valence-electron chi connectivity index (χ3n) is 4.35. The molecule has 0 aliphatic carbocycles. The lowest BCUT2D eigenvalue weighted by Gasteiger charge is -2.35. The van der Waals surface area contributed by atoms with Crippen LogP contribution in [0.2, 0.25) is 0 Å². The molecule has 1 aromatic rings. The van der Waals surface area contributed by atoms with Gasteiger partial charge in [-0.15, -0.1) is 6.58 Å². The normalized spacial score (nSPS) is 15.8. The van der Waals surface area contributed by atoms with Crippen molar-refractivity contribution in [1.82, 2.24) is 15.5 Å². The first-order valence-electron chi connectivity index (χ1n) is 8.79. The Kier molecular flexibility index (Phi) is 7.62. The number of benzene rings is 1. The van der Waals surface area contributed by atoms with Crippen molar-refractivity contribution in [3.63, 3.8) is 0 Å². The Labute approximate surface area is 155 Å². The second-order valence-electron chi connectivity index (χ2n) is 6.36. The van der Waals surface area contributed by atoms with Crippen LogP contribution in [-0.4, -0.2) is 70.2 Å². The molecule has 0 saturated carbocycles. The molecule has 0 aromatic heterocycles. The van der Waals surface area contributed by atoms with Crippen LogP contribution in [0.5, 0.6) is 0 Å². The molecule has 26 heavy (non-hydrogen) atoms. The van der Waals surface area contributed by atoms with Gasteiger partial charge in [-0.05, 0) is 17.7 Å². The van der Waals surface area contributed by atoms with E-state index in [0.29, 0.717) is 19.8 Å². The molecule has 2 amide bonds. The molecule has 7 nitrogen and oxygen atoms in total. The van der Waals surface area contributed by atoms with Crippen molar-refractivity contribution < 1.29 is 14.3 Å². The van der Waals surface area contributed by atoms with E-state index in [-0.39, 0.29) is 12.6 Å². The predicted molar refractivity (Wildman–Crippen MR) is 102 cm³/mol. The van der Waals surface area contributed by atoms with E-state index in [1.54, 1.807) is 0 Å². The fourth-order valence-electron chi connectivity index (χ4n) is 2.86. The van der Waals surface area contributed by atoms with E-state index in [9.17, 15) is 9.59 Å². The molecule has 0 radical (unpaired) electrons. The maximum atomic E-state index is 12.0. The van der Waals surface area contributed by atoms with Crippen molar-refractivity contribution in [3.05, 3.63) is 42.5 Å². The van der Waals surface area contributed by atoms with Crippen molar-refractivity contribution in [1.29, 1.82) is 0 Å². The Bertz CT molecular complexity index is 610. The quantitative estimate of drug-likeness (QED) is 0.549. The zero-order valence-electron chi connectivity index (χ0n) is 15.5. The van der Waals surface area contributed by atoms with Crippen LogP contribution >= 0.6 is 0 Å². The zero-order valence-corrected chi connectivity index (χ0v) is 15.5. The third kappa shape index (κ3) is 5.57. The van der Waals surface area contributed by atoms with Crippen LogP contribution in [0.15, 0.2) is 36.9 Å². The van der Waals surface area contributed by atoms with Gasteiger partial charge in [0.15, 0.2) is 0 Å². The molecule has 2 rings (SSSR count). The molecular weight excluding hydrogens is 332 g/mol. The summed E-state index contributed by atoms with van der Waals surface area (Å²) in [6.07, 6.45) is 1.54.